The van der Waals surface area contributed by atoms with Crippen molar-refractivity contribution < 1.29 is 13.6 Å². The number of anilines is 3. The van der Waals surface area contributed by atoms with Crippen LogP contribution in [0.5, 0.6) is 0 Å². The third kappa shape index (κ3) is 5.47. The molecule has 2 N–H and O–H groups in total. The topological polar surface area (TPSA) is 66.9 Å². The molecule has 140 valence electrons. The van der Waals surface area contributed by atoms with Gasteiger partial charge < -0.3 is 10.6 Å². The average molecular weight is 471 g/mol. The van der Waals surface area contributed by atoms with E-state index in [0.717, 1.165) is 17.3 Å². The Labute approximate surface area is 170 Å². The van der Waals surface area contributed by atoms with Gasteiger partial charge >= 0.3 is 0 Å². The van der Waals surface area contributed by atoms with Crippen LogP contribution in [0.1, 0.15) is 5.56 Å². The van der Waals surface area contributed by atoms with E-state index in [2.05, 4.69) is 36.8 Å². The summed E-state index contributed by atoms with van der Waals surface area (Å²) in [5.74, 6) is -1.99. The van der Waals surface area contributed by atoms with Crippen molar-refractivity contribution in [2.75, 3.05) is 16.4 Å². The Morgan fingerprint density at radius 3 is 2.67 bits per heavy atom. The van der Waals surface area contributed by atoms with Gasteiger partial charge in [-0.1, -0.05) is 40.8 Å². The second-order valence-electron chi connectivity index (χ2n) is 5.45. The molecule has 0 atom stereocenters. The molecule has 0 aliphatic heterocycles. The molecule has 27 heavy (non-hydrogen) atoms. The van der Waals surface area contributed by atoms with Gasteiger partial charge in [0.2, 0.25) is 11.0 Å². The highest BCUT2D eigenvalue weighted by Crippen LogP contribution is 2.29. The van der Waals surface area contributed by atoms with Crippen LogP contribution in [0.3, 0.4) is 0 Å². The summed E-state index contributed by atoms with van der Waals surface area (Å²) in [5.41, 5.74) is 1.95. The van der Waals surface area contributed by atoms with Crippen molar-refractivity contribution in [3.05, 3.63) is 58.1 Å². The monoisotopic (exact) mass is 470 g/mol. The Hall–Kier alpha value is -2.04. The number of hydrogen-bond donors (Lipinski definition) is 2. The van der Waals surface area contributed by atoms with Crippen LogP contribution in [0, 0.1) is 18.6 Å². The predicted octanol–water partition coefficient (Wildman–Crippen LogP) is 5.36. The summed E-state index contributed by atoms with van der Waals surface area (Å²) in [7, 11) is 0. The van der Waals surface area contributed by atoms with Crippen molar-refractivity contribution in [2.45, 2.75) is 11.3 Å². The Morgan fingerprint density at radius 2 is 1.96 bits per heavy atom. The molecule has 10 heteroatoms. The van der Waals surface area contributed by atoms with Crippen LogP contribution in [0.25, 0.3) is 0 Å². The van der Waals surface area contributed by atoms with Gasteiger partial charge in [-0.25, -0.2) is 8.78 Å². The fraction of sp³-hybridized carbons (Fsp3) is 0.118. The van der Waals surface area contributed by atoms with Crippen molar-refractivity contribution in [2.24, 2.45) is 0 Å². The van der Waals surface area contributed by atoms with Gasteiger partial charge in [0.25, 0.3) is 0 Å². The first-order chi connectivity index (χ1) is 12.9. The number of hydrogen-bond acceptors (Lipinski definition) is 6. The van der Waals surface area contributed by atoms with Gasteiger partial charge in [-0.05, 0) is 41.1 Å². The maximum absolute atomic E-state index is 13.8. The molecule has 0 radical (unpaired) electrons. The van der Waals surface area contributed by atoms with Crippen LogP contribution in [0.4, 0.5) is 25.3 Å². The Morgan fingerprint density at radius 1 is 1.22 bits per heavy atom. The molecule has 0 saturated carbocycles. The number of aromatic nitrogens is 2. The lowest BCUT2D eigenvalue weighted by Gasteiger charge is -2.08. The summed E-state index contributed by atoms with van der Waals surface area (Å²) >= 11 is 5.51. The summed E-state index contributed by atoms with van der Waals surface area (Å²) in [6.07, 6.45) is 0. The minimum atomic E-state index is -0.847. The van der Waals surface area contributed by atoms with E-state index in [-0.39, 0.29) is 15.9 Å². The molecule has 3 aromatic rings. The van der Waals surface area contributed by atoms with E-state index < -0.39 is 17.5 Å². The number of carbonyl (C=O) groups is 1. The van der Waals surface area contributed by atoms with Crippen molar-refractivity contribution in [3.63, 3.8) is 0 Å². The molecule has 0 aliphatic carbocycles. The zero-order valence-electron chi connectivity index (χ0n) is 13.9. The van der Waals surface area contributed by atoms with Crippen LogP contribution >= 0.6 is 39.0 Å². The first-order valence-corrected chi connectivity index (χ1v) is 10.2. The summed E-state index contributed by atoms with van der Waals surface area (Å²) in [4.78, 5) is 12.0. The SMILES string of the molecule is Cc1ccc(Nc2nnc(SCC(=O)Nc3c(F)cc(F)cc3Br)s2)cc1. The van der Waals surface area contributed by atoms with E-state index in [0.29, 0.717) is 15.5 Å². The van der Waals surface area contributed by atoms with E-state index in [4.69, 9.17) is 0 Å². The van der Waals surface area contributed by atoms with Gasteiger partial charge in [0.05, 0.1) is 11.4 Å². The van der Waals surface area contributed by atoms with Crippen LogP contribution in [0.15, 0.2) is 45.2 Å². The maximum atomic E-state index is 13.8. The van der Waals surface area contributed by atoms with Crippen molar-refractivity contribution in [1.29, 1.82) is 0 Å². The molecular weight excluding hydrogens is 458 g/mol. The van der Waals surface area contributed by atoms with Gasteiger partial charge in [-0.3, -0.25) is 4.79 Å². The normalized spacial score (nSPS) is 10.7. The quantitative estimate of drug-likeness (QED) is 0.474. The average Bonchev–Trinajstić information content (AvgIpc) is 3.06. The van der Waals surface area contributed by atoms with E-state index in [1.807, 2.05) is 31.2 Å². The van der Waals surface area contributed by atoms with Crippen LogP contribution < -0.4 is 10.6 Å². The van der Waals surface area contributed by atoms with Crippen molar-refractivity contribution in [3.8, 4) is 0 Å². The number of halogens is 3. The summed E-state index contributed by atoms with van der Waals surface area (Å²) in [6, 6.07) is 9.63. The van der Waals surface area contributed by atoms with Gasteiger partial charge in [-0.15, -0.1) is 10.2 Å². The molecule has 2 aromatic carbocycles. The molecule has 0 saturated heterocycles. The van der Waals surface area contributed by atoms with E-state index >= 15 is 0 Å². The molecule has 0 fully saturated rings. The molecular formula is C17H13BrF2N4OS2. The predicted molar refractivity (Wildman–Crippen MR) is 108 cm³/mol. The number of nitrogens with one attached hydrogen (secondary N) is 2. The fourth-order valence-electron chi connectivity index (χ4n) is 2.04. The number of aryl methyl sites for hydroxylation is 1. The molecule has 1 aromatic heterocycles. The number of nitrogens with zero attached hydrogens (tertiary/aromatic N) is 2. The Bertz CT molecular complexity index is 943. The van der Waals surface area contributed by atoms with Crippen LogP contribution in [-0.4, -0.2) is 21.9 Å². The minimum Gasteiger partial charge on any atom is -0.330 e. The van der Waals surface area contributed by atoms with E-state index in [9.17, 15) is 13.6 Å². The molecule has 0 unspecified atom stereocenters. The van der Waals surface area contributed by atoms with Gasteiger partial charge in [-0.2, -0.15) is 0 Å². The van der Waals surface area contributed by atoms with Crippen molar-refractivity contribution >= 4 is 61.4 Å². The first kappa shape index (κ1) is 19.7. The summed E-state index contributed by atoms with van der Waals surface area (Å²) in [5, 5.41) is 14.2. The van der Waals surface area contributed by atoms with Crippen LogP contribution in [-0.2, 0) is 4.79 Å². The largest absolute Gasteiger partial charge is 0.330 e. The van der Waals surface area contributed by atoms with Crippen molar-refractivity contribution in [1.82, 2.24) is 10.2 Å². The molecule has 0 aliphatic rings. The third-order valence-electron chi connectivity index (χ3n) is 3.31. The summed E-state index contributed by atoms with van der Waals surface area (Å²) < 4.78 is 27.6. The lowest BCUT2D eigenvalue weighted by molar-refractivity contribution is -0.113. The fourth-order valence-corrected chi connectivity index (χ4v) is 4.12. The molecule has 1 heterocycles. The number of amides is 1. The lowest BCUT2D eigenvalue weighted by atomic mass is 10.2. The van der Waals surface area contributed by atoms with Crippen LogP contribution in [0.2, 0.25) is 0 Å². The highest BCUT2D eigenvalue weighted by molar-refractivity contribution is 9.10. The number of thioether (sulfide) groups is 1. The number of benzene rings is 2. The number of carbonyl (C=O) groups excluding carboxylic acids is 1. The first-order valence-electron chi connectivity index (χ1n) is 7.65. The summed E-state index contributed by atoms with van der Waals surface area (Å²) in [6.45, 7) is 2.00. The molecule has 0 bridgehead atoms. The molecule has 3 rings (SSSR count). The van der Waals surface area contributed by atoms with Gasteiger partial charge in [0.15, 0.2) is 10.2 Å². The number of rotatable bonds is 6. The zero-order chi connectivity index (χ0) is 19.4. The zero-order valence-corrected chi connectivity index (χ0v) is 17.1. The highest BCUT2D eigenvalue weighted by atomic mass is 79.9. The standard InChI is InChI=1S/C17H13BrF2N4OS2/c1-9-2-4-11(5-3-9)21-16-23-24-17(27-16)26-8-14(25)22-15-12(18)6-10(19)7-13(15)20/h2-7H,8H2,1H3,(H,21,23)(H,22,25). The van der Waals surface area contributed by atoms with E-state index in [1.54, 1.807) is 0 Å². The minimum absolute atomic E-state index is 0.0163. The highest BCUT2D eigenvalue weighted by Gasteiger charge is 2.14. The molecule has 1 amide bonds. The molecule has 0 spiro atoms. The smallest absolute Gasteiger partial charge is 0.234 e. The second kappa shape index (κ2) is 8.77. The van der Waals surface area contributed by atoms with Gasteiger partial charge in [0.1, 0.15) is 5.82 Å². The maximum Gasteiger partial charge on any atom is 0.234 e. The third-order valence-corrected chi connectivity index (χ3v) is 5.90. The van der Waals surface area contributed by atoms with E-state index in [1.165, 1.54) is 23.1 Å². The van der Waals surface area contributed by atoms with Gasteiger partial charge in [0, 0.05) is 16.2 Å². The molecule has 5 nitrogen and oxygen atoms in total. The second-order valence-corrected chi connectivity index (χ2v) is 8.50. The lowest BCUT2D eigenvalue weighted by Crippen LogP contribution is -2.15. The Balaban J connectivity index is 1.55. The Kier molecular flexibility index (Phi) is 6.40.